The first-order chi connectivity index (χ1) is 5.54. The smallest absolute Gasteiger partial charge is 0.110 e. The summed E-state index contributed by atoms with van der Waals surface area (Å²) in [4.78, 5) is 0. The molecular weight excluding hydrogens is 166 g/mol. The molecule has 0 bridgehead atoms. The van der Waals surface area contributed by atoms with Crippen LogP contribution in [0.25, 0.3) is 0 Å². The largest absolute Gasteiger partial charge is 0.395 e. The van der Waals surface area contributed by atoms with Crippen molar-refractivity contribution in [3.63, 3.8) is 0 Å². The monoisotopic (exact) mass is 181 g/mol. The first-order valence-electron chi connectivity index (χ1n) is 3.56. The van der Waals surface area contributed by atoms with Gasteiger partial charge in [0.05, 0.1) is 25.4 Å². The van der Waals surface area contributed by atoms with Gasteiger partial charge >= 0.3 is 0 Å². The van der Waals surface area contributed by atoms with Crippen LogP contribution in [0.1, 0.15) is 0 Å². The standard InChI is InChI=1S/C6H15NO5/c7-3(1-8)5(11)6(12)4(10)2-9/h3-6,8-12H,1-2,7H2/t3-,4-,5-,6+/m1/s1. The van der Waals surface area contributed by atoms with Crippen molar-refractivity contribution < 1.29 is 25.5 Å². The van der Waals surface area contributed by atoms with Crippen molar-refractivity contribution in [1.29, 1.82) is 0 Å². The highest BCUT2D eigenvalue weighted by Gasteiger charge is 2.28. The first kappa shape index (κ1) is 11.8. The Hall–Kier alpha value is -0.240. The Labute approximate surface area is 69.9 Å². The van der Waals surface area contributed by atoms with E-state index in [1.54, 1.807) is 0 Å². The molecule has 12 heavy (non-hydrogen) atoms. The van der Waals surface area contributed by atoms with E-state index >= 15 is 0 Å². The predicted octanol–water partition coefficient (Wildman–Crippen LogP) is -3.62. The molecule has 0 aromatic carbocycles. The van der Waals surface area contributed by atoms with Gasteiger partial charge in [-0.25, -0.2) is 0 Å². The maximum Gasteiger partial charge on any atom is 0.110 e. The zero-order valence-corrected chi connectivity index (χ0v) is 6.54. The summed E-state index contributed by atoms with van der Waals surface area (Å²) in [6.45, 7) is -1.17. The summed E-state index contributed by atoms with van der Waals surface area (Å²) in [6, 6.07) is -1.03. The molecule has 0 amide bonds. The van der Waals surface area contributed by atoms with Crippen LogP contribution in [0.5, 0.6) is 0 Å². The molecule has 0 heterocycles. The molecule has 0 aromatic heterocycles. The number of hydrogen-bond donors (Lipinski definition) is 6. The lowest BCUT2D eigenvalue weighted by Gasteiger charge is -2.24. The van der Waals surface area contributed by atoms with Crippen LogP contribution in [-0.4, -0.2) is 63.1 Å². The Morgan fingerprint density at radius 3 is 1.75 bits per heavy atom. The van der Waals surface area contributed by atoms with E-state index in [2.05, 4.69) is 0 Å². The lowest BCUT2D eigenvalue weighted by Crippen LogP contribution is -2.50. The number of rotatable bonds is 5. The summed E-state index contributed by atoms with van der Waals surface area (Å²) in [5.74, 6) is 0. The molecule has 0 radical (unpaired) electrons. The second kappa shape index (κ2) is 5.41. The molecule has 0 saturated carbocycles. The SMILES string of the molecule is N[C@H](CO)[C@@H](O)[C@@H](O)[C@H](O)CO. The van der Waals surface area contributed by atoms with Gasteiger partial charge in [-0.3, -0.25) is 0 Å². The minimum atomic E-state index is -1.54. The molecule has 74 valence electrons. The molecule has 0 aliphatic carbocycles. The molecule has 0 fully saturated rings. The molecule has 0 aromatic rings. The van der Waals surface area contributed by atoms with Crippen LogP contribution >= 0.6 is 0 Å². The Bertz CT molecular complexity index is 109. The van der Waals surface area contributed by atoms with Crippen LogP contribution in [-0.2, 0) is 0 Å². The van der Waals surface area contributed by atoms with E-state index in [4.69, 9.17) is 31.3 Å². The van der Waals surface area contributed by atoms with Crippen molar-refractivity contribution in [2.75, 3.05) is 13.2 Å². The van der Waals surface area contributed by atoms with Crippen molar-refractivity contribution in [2.45, 2.75) is 24.4 Å². The molecule has 7 N–H and O–H groups in total. The number of nitrogens with two attached hydrogens (primary N) is 1. The minimum absolute atomic E-state index is 0.504. The summed E-state index contributed by atoms with van der Waals surface area (Å²) in [6.07, 6.45) is -4.44. The third kappa shape index (κ3) is 3.02. The van der Waals surface area contributed by atoms with Crippen LogP contribution in [0.3, 0.4) is 0 Å². The highest BCUT2D eigenvalue weighted by atomic mass is 16.4. The summed E-state index contributed by atoms with van der Waals surface area (Å²) in [7, 11) is 0. The Balaban J connectivity index is 3.99. The van der Waals surface area contributed by atoms with Gasteiger partial charge in [-0.15, -0.1) is 0 Å². The topological polar surface area (TPSA) is 127 Å². The highest BCUT2D eigenvalue weighted by molar-refractivity contribution is 4.82. The zero-order chi connectivity index (χ0) is 9.72. The maximum absolute atomic E-state index is 9.08. The molecule has 6 nitrogen and oxygen atoms in total. The van der Waals surface area contributed by atoms with E-state index in [9.17, 15) is 0 Å². The highest BCUT2D eigenvalue weighted by Crippen LogP contribution is 2.02. The molecule has 0 aliphatic rings. The fourth-order valence-corrected chi connectivity index (χ4v) is 0.697. The molecule has 4 atom stereocenters. The fourth-order valence-electron chi connectivity index (χ4n) is 0.697. The summed E-state index contributed by atoms with van der Waals surface area (Å²) in [5.41, 5.74) is 5.16. The van der Waals surface area contributed by atoms with Gasteiger partial charge in [0.25, 0.3) is 0 Å². The van der Waals surface area contributed by atoms with E-state index < -0.39 is 37.6 Å². The molecule has 0 rings (SSSR count). The molecular formula is C6H15NO5. The van der Waals surface area contributed by atoms with E-state index in [0.29, 0.717) is 0 Å². The number of hydrogen-bond acceptors (Lipinski definition) is 6. The van der Waals surface area contributed by atoms with Crippen molar-refractivity contribution >= 4 is 0 Å². The van der Waals surface area contributed by atoms with Gasteiger partial charge in [0, 0.05) is 0 Å². The fraction of sp³-hybridized carbons (Fsp3) is 1.00. The molecule has 6 heteroatoms. The molecule has 0 unspecified atom stereocenters. The van der Waals surface area contributed by atoms with Crippen molar-refractivity contribution in [2.24, 2.45) is 5.73 Å². The quantitative estimate of drug-likeness (QED) is 0.260. The molecule has 0 saturated heterocycles. The summed E-state index contributed by atoms with van der Waals surface area (Å²) >= 11 is 0. The van der Waals surface area contributed by atoms with Gasteiger partial charge < -0.3 is 31.3 Å². The van der Waals surface area contributed by atoms with Gasteiger partial charge in [0.1, 0.15) is 12.2 Å². The second-order valence-electron chi connectivity index (χ2n) is 2.58. The van der Waals surface area contributed by atoms with E-state index in [1.807, 2.05) is 0 Å². The second-order valence-corrected chi connectivity index (χ2v) is 2.58. The average molecular weight is 181 g/mol. The summed E-state index contributed by atoms with van der Waals surface area (Å²) < 4.78 is 0. The predicted molar refractivity (Wildman–Crippen MR) is 40.2 cm³/mol. The van der Waals surface area contributed by atoms with Crippen LogP contribution in [0.2, 0.25) is 0 Å². The lowest BCUT2D eigenvalue weighted by atomic mass is 10.0. The normalized spacial score (nSPS) is 21.5. The van der Waals surface area contributed by atoms with Gasteiger partial charge in [-0.05, 0) is 0 Å². The zero-order valence-electron chi connectivity index (χ0n) is 6.54. The number of aliphatic hydroxyl groups is 5. The Morgan fingerprint density at radius 1 is 0.917 bits per heavy atom. The van der Waals surface area contributed by atoms with Gasteiger partial charge in [-0.1, -0.05) is 0 Å². The number of aliphatic hydroxyl groups excluding tert-OH is 5. The van der Waals surface area contributed by atoms with Crippen molar-refractivity contribution in [1.82, 2.24) is 0 Å². The Kier molecular flexibility index (Phi) is 5.31. The Morgan fingerprint density at radius 2 is 1.42 bits per heavy atom. The third-order valence-electron chi connectivity index (χ3n) is 1.58. The molecule has 0 spiro atoms. The van der Waals surface area contributed by atoms with Gasteiger partial charge in [-0.2, -0.15) is 0 Å². The van der Waals surface area contributed by atoms with Gasteiger partial charge in [0.15, 0.2) is 0 Å². The third-order valence-corrected chi connectivity index (χ3v) is 1.58. The summed E-state index contributed by atoms with van der Waals surface area (Å²) in [5, 5.41) is 43.8. The van der Waals surface area contributed by atoms with Crippen LogP contribution < -0.4 is 5.73 Å². The van der Waals surface area contributed by atoms with Crippen molar-refractivity contribution in [3.8, 4) is 0 Å². The lowest BCUT2D eigenvalue weighted by molar-refractivity contribution is -0.0873. The minimum Gasteiger partial charge on any atom is -0.395 e. The van der Waals surface area contributed by atoms with Crippen LogP contribution in [0.15, 0.2) is 0 Å². The van der Waals surface area contributed by atoms with E-state index in [1.165, 1.54) is 0 Å². The van der Waals surface area contributed by atoms with Crippen molar-refractivity contribution in [3.05, 3.63) is 0 Å². The van der Waals surface area contributed by atoms with Crippen LogP contribution in [0, 0.1) is 0 Å². The first-order valence-corrected chi connectivity index (χ1v) is 3.56. The average Bonchev–Trinajstić information content (AvgIpc) is 2.12. The van der Waals surface area contributed by atoms with E-state index in [-0.39, 0.29) is 0 Å². The molecule has 0 aliphatic heterocycles. The van der Waals surface area contributed by atoms with Gasteiger partial charge in [0.2, 0.25) is 0 Å². The van der Waals surface area contributed by atoms with Crippen LogP contribution in [0.4, 0.5) is 0 Å². The van der Waals surface area contributed by atoms with E-state index in [0.717, 1.165) is 0 Å². The maximum atomic E-state index is 9.08.